The van der Waals surface area contributed by atoms with Gasteiger partial charge in [0.2, 0.25) is 0 Å². The van der Waals surface area contributed by atoms with Gasteiger partial charge in [-0.1, -0.05) is 18.2 Å². The fourth-order valence-corrected chi connectivity index (χ4v) is 2.57. The molecule has 0 bridgehead atoms. The third kappa shape index (κ3) is 1.94. The van der Waals surface area contributed by atoms with Gasteiger partial charge in [0, 0.05) is 32.1 Å². The van der Waals surface area contributed by atoms with E-state index in [4.69, 9.17) is 0 Å². The molecular formula is C13H17N3O. The maximum absolute atomic E-state index is 9.53. The Labute approximate surface area is 100 Å². The molecule has 4 nitrogen and oxygen atoms in total. The number of benzene rings is 1. The predicted molar refractivity (Wildman–Crippen MR) is 66.6 cm³/mol. The first-order chi connectivity index (χ1) is 8.24. The van der Waals surface area contributed by atoms with E-state index in [-0.39, 0.29) is 6.10 Å². The van der Waals surface area contributed by atoms with Crippen LogP contribution in [0.25, 0.3) is 10.9 Å². The molecule has 1 saturated heterocycles. The van der Waals surface area contributed by atoms with Crippen molar-refractivity contribution in [3.05, 3.63) is 30.0 Å². The smallest absolute Gasteiger partial charge is 0.0843 e. The molecule has 1 atom stereocenters. The minimum absolute atomic E-state index is 0.162. The average Bonchev–Trinajstić information content (AvgIpc) is 2.86. The van der Waals surface area contributed by atoms with Gasteiger partial charge in [-0.05, 0) is 12.5 Å². The lowest BCUT2D eigenvalue weighted by atomic mass is 10.2. The molecule has 1 fully saturated rings. The molecule has 0 amide bonds. The molecule has 1 aliphatic rings. The van der Waals surface area contributed by atoms with Crippen molar-refractivity contribution in [2.24, 2.45) is 7.05 Å². The highest BCUT2D eigenvalue weighted by Crippen LogP contribution is 2.20. The van der Waals surface area contributed by atoms with Crippen LogP contribution in [0.15, 0.2) is 24.3 Å². The molecule has 17 heavy (non-hydrogen) atoms. The van der Waals surface area contributed by atoms with Crippen molar-refractivity contribution >= 4 is 10.9 Å². The van der Waals surface area contributed by atoms with E-state index in [2.05, 4.69) is 22.1 Å². The standard InChI is InChI=1S/C13H17N3O/c1-15-13-5-3-2-4-11(13)12(14-15)9-16-7-6-10(17)8-16/h2-5,10,17H,6-9H2,1H3/t10-/m0/s1. The van der Waals surface area contributed by atoms with Gasteiger partial charge in [-0.3, -0.25) is 9.58 Å². The monoisotopic (exact) mass is 231 g/mol. The lowest BCUT2D eigenvalue weighted by Crippen LogP contribution is -2.21. The lowest BCUT2D eigenvalue weighted by Gasteiger charge is -2.12. The Morgan fingerprint density at radius 3 is 3.00 bits per heavy atom. The van der Waals surface area contributed by atoms with Crippen LogP contribution >= 0.6 is 0 Å². The van der Waals surface area contributed by atoms with Crippen LogP contribution in [0.2, 0.25) is 0 Å². The number of likely N-dealkylation sites (tertiary alicyclic amines) is 1. The summed E-state index contributed by atoms with van der Waals surface area (Å²) in [6.45, 7) is 2.56. The second-order valence-corrected chi connectivity index (χ2v) is 4.77. The van der Waals surface area contributed by atoms with Crippen molar-refractivity contribution in [2.75, 3.05) is 13.1 Å². The van der Waals surface area contributed by atoms with Gasteiger partial charge in [-0.15, -0.1) is 0 Å². The Kier molecular flexibility index (Phi) is 2.61. The summed E-state index contributed by atoms with van der Waals surface area (Å²) in [5.41, 5.74) is 2.28. The zero-order valence-electron chi connectivity index (χ0n) is 10.0. The van der Waals surface area contributed by atoms with Gasteiger partial charge in [0.15, 0.2) is 0 Å². The van der Waals surface area contributed by atoms with Gasteiger partial charge < -0.3 is 5.11 Å². The van der Waals surface area contributed by atoms with Crippen molar-refractivity contribution in [1.82, 2.24) is 14.7 Å². The van der Waals surface area contributed by atoms with E-state index in [9.17, 15) is 5.11 Å². The summed E-state index contributed by atoms with van der Waals surface area (Å²) in [4.78, 5) is 2.26. The fourth-order valence-electron chi connectivity index (χ4n) is 2.57. The van der Waals surface area contributed by atoms with Crippen LogP contribution in [0.4, 0.5) is 0 Å². The van der Waals surface area contributed by atoms with Crippen molar-refractivity contribution in [3.8, 4) is 0 Å². The third-order valence-electron chi connectivity index (χ3n) is 3.46. The number of rotatable bonds is 2. The molecule has 0 aliphatic carbocycles. The molecule has 0 saturated carbocycles. The number of aromatic nitrogens is 2. The highest BCUT2D eigenvalue weighted by Gasteiger charge is 2.21. The Morgan fingerprint density at radius 2 is 2.24 bits per heavy atom. The number of β-amino-alcohol motifs (C(OH)–C–C–N with tert-alkyl or cyclic N) is 1. The van der Waals surface area contributed by atoms with Gasteiger partial charge in [0.05, 0.1) is 17.3 Å². The highest BCUT2D eigenvalue weighted by molar-refractivity contribution is 5.81. The van der Waals surface area contributed by atoms with Crippen LogP contribution < -0.4 is 0 Å². The molecular weight excluding hydrogens is 214 g/mol. The molecule has 0 unspecified atom stereocenters. The molecule has 1 aromatic carbocycles. The van der Waals surface area contributed by atoms with Gasteiger partial charge in [0.25, 0.3) is 0 Å². The van der Waals surface area contributed by atoms with Crippen LogP contribution in [0, 0.1) is 0 Å². The maximum atomic E-state index is 9.53. The molecule has 0 spiro atoms. The molecule has 0 radical (unpaired) electrons. The summed E-state index contributed by atoms with van der Waals surface area (Å²) in [6, 6.07) is 8.29. The van der Waals surface area contributed by atoms with Gasteiger partial charge in [-0.25, -0.2) is 0 Å². The number of aliphatic hydroxyl groups is 1. The summed E-state index contributed by atoms with van der Waals surface area (Å²) in [7, 11) is 1.98. The van der Waals surface area contributed by atoms with Crippen LogP contribution in [-0.2, 0) is 13.6 Å². The Morgan fingerprint density at radius 1 is 1.41 bits per heavy atom. The summed E-state index contributed by atoms with van der Waals surface area (Å²) < 4.78 is 1.93. The maximum Gasteiger partial charge on any atom is 0.0843 e. The minimum atomic E-state index is -0.162. The van der Waals surface area contributed by atoms with E-state index in [0.29, 0.717) is 0 Å². The highest BCUT2D eigenvalue weighted by atomic mass is 16.3. The molecule has 4 heteroatoms. The fraction of sp³-hybridized carbons (Fsp3) is 0.462. The van der Waals surface area contributed by atoms with Gasteiger partial charge in [0.1, 0.15) is 0 Å². The average molecular weight is 231 g/mol. The SMILES string of the molecule is Cn1nc(CN2CC[C@H](O)C2)c2ccccc21. The normalized spacial score (nSPS) is 21.4. The van der Waals surface area contributed by atoms with Gasteiger partial charge >= 0.3 is 0 Å². The second kappa shape index (κ2) is 4.13. The van der Waals surface area contributed by atoms with Crippen LogP contribution in [-0.4, -0.2) is 39.0 Å². The topological polar surface area (TPSA) is 41.3 Å². The van der Waals surface area contributed by atoms with Crippen molar-refractivity contribution in [1.29, 1.82) is 0 Å². The predicted octanol–water partition coefficient (Wildman–Crippen LogP) is 1.14. The number of para-hydroxylation sites is 1. The quantitative estimate of drug-likeness (QED) is 0.842. The second-order valence-electron chi connectivity index (χ2n) is 4.77. The van der Waals surface area contributed by atoms with E-state index in [1.807, 2.05) is 23.9 Å². The summed E-state index contributed by atoms with van der Waals surface area (Å²) in [5, 5.41) is 15.3. The van der Waals surface area contributed by atoms with Crippen LogP contribution in [0.1, 0.15) is 12.1 Å². The van der Waals surface area contributed by atoms with Crippen molar-refractivity contribution in [2.45, 2.75) is 19.1 Å². The number of aryl methyl sites for hydroxylation is 1. The van der Waals surface area contributed by atoms with Crippen molar-refractivity contribution in [3.63, 3.8) is 0 Å². The van der Waals surface area contributed by atoms with E-state index in [0.717, 1.165) is 31.7 Å². The molecule has 2 aromatic rings. The lowest BCUT2D eigenvalue weighted by molar-refractivity contribution is 0.174. The molecule has 1 aromatic heterocycles. The van der Waals surface area contributed by atoms with E-state index in [1.54, 1.807) is 0 Å². The minimum Gasteiger partial charge on any atom is -0.392 e. The molecule has 2 heterocycles. The number of fused-ring (bicyclic) bond motifs is 1. The number of nitrogens with zero attached hydrogens (tertiary/aromatic N) is 3. The Bertz CT molecular complexity index is 534. The number of hydrogen-bond donors (Lipinski definition) is 1. The van der Waals surface area contributed by atoms with Gasteiger partial charge in [-0.2, -0.15) is 5.10 Å². The largest absolute Gasteiger partial charge is 0.392 e. The van der Waals surface area contributed by atoms with E-state index in [1.165, 1.54) is 10.9 Å². The summed E-state index contributed by atoms with van der Waals surface area (Å²) in [6.07, 6.45) is 0.718. The molecule has 1 aliphatic heterocycles. The zero-order valence-corrected chi connectivity index (χ0v) is 10.0. The first-order valence-electron chi connectivity index (χ1n) is 6.05. The molecule has 3 rings (SSSR count). The Balaban J connectivity index is 1.90. The van der Waals surface area contributed by atoms with E-state index >= 15 is 0 Å². The first kappa shape index (κ1) is 10.7. The molecule has 90 valence electrons. The first-order valence-corrected chi connectivity index (χ1v) is 6.05. The van der Waals surface area contributed by atoms with E-state index < -0.39 is 0 Å². The van der Waals surface area contributed by atoms with Crippen LogP contribution in [0.3, 0.4) is 0 Å². The zero-order chi connectivity index (χ0) is 11.8. The summed E-state index contributed by atoms with van der Waals surface area (Å²) >= 11 is 0. The summed E-state index contributed by atoms with van der Waals surface area (Å²) in [5.74, 6) is 0. The van der Waals surface area contributed by atoms with Crippen LogP contribution in [0.5, 0.6) is 0 Å². The Hall–Kier alpha value is -1.39. The number of aliphatic hydroxyl groups excluding tert-OH is 1. The third-order valence-corrected chi connectivity index (χ3v) is 3.46. The molecule has 1 N–H and O–H groups in total. The van der Waals surface area contributed by atoms with Crippen molar-refractivity contribution < 1.29 is 5.11 Å². The number of hydrogen-bond acceptors (Lipinski definition) is 3.